The SMILES string of the molecule is O=C(Nc1ccc(C(F)(F)F)c(Cl)c1)N1CCc2cncnc2C1. The Morgan fingerprint density at radius 2 is 2.12 bits per heavy atom. The molecule has 0 radical (unpaired) electrons. The maximum atomic E-state index is 12.7. The monoisotopic (exact) mass is 356 g/mol. The lowest BCUT2D eigenvalue weighted by Gasteiger charge is -2.27. The Hall–Kier alpha value is -2.35. The number of carbonyl (C=O) groups is 1. The molecule has 0 saturated carbocycles. The van der Waals surface area contributed by atoms with Crippen LogP contribution in [0.1, 0.15) is 16.8 Å². The molecule has 2 heterocycles. The van der Waals surface area contributed by atoms with Gasteiger partial charge in [-0.15, -0.1) is 0 Å². The topological polar surface area (TPSA) is 58.1 Å². The Balaban J connectivity index is 1.71. The zero-order chi connectivity index (χ0) is 17.3. The fourth-order valence-corrected chi connectivity index (χ4v) is 2.74. The van der Waals surface area contributed by atoms with Crippen LogP contribution in [0, 0.1) is 0 Å². The number of carbonyl (C=O) groups excluding carboxylic acids is 1. The molecule has 0 bridgehead atoms. The van der Waals surface area contributed by atoms with Gasteiger partial charge in [0.15, 0.2) is 0 Å². The lowest BCUT2D eigenvalue weighted by molar-refractivity contribution is -0.137. The first kappa shape index (κ1) is 16.5. The van der Waals surface area contributed by atoms with Crippen molar-refractivity contribution in [3.05, 3.63) is 52.6 Å². The molecule has 2 aromatic rings. The molecule has 1 aromatic heterocycles. The van der Waals surface area contributed by atoms with Crippen LogP contribution in [0.2, 0.25) is 5.02 Å². The molecular formula is C15H12ClF3N4O. The molecule has 9 heteroatoms. The molecule has 0 saturated heterocycles. The summed E-state index contributed by atoms with van der Waals surface area (Å²) in [5.74, 6) is 0. The zero-order valence-corrected chi connectivity index (χ0v) is 13.0. The van der Waals surface area contributed by atoms with Gasteiger partial charge in [0.1, 0.15) is 6.33 Å². The molecule has 2 amide bonds. The highest BCUT2D eigenvalue weighted by Crippen LogP contribution is 2.35. The molecule has 0 aliphatic carbocycles. The van der Waals surface area contributed by atoms with Gasteiger partial charge in [-0.05, 0) is 30.2 Å². The molecule has 1 aromatic carbocycles. The largest absolute Gasteiger partial charge is 0.417 e. The van der Waals surface area contributed by atoms with Crippen LogP contribution in [0.4, 0.5) is 23.7 Å². The third-order valence-corrected chi connectivity index (χ3v) is 4.00. The van der Waals surface area contributed by atoms with Crippen molar-refractivity contribution in [2.24, 2.45) is 0 Å². The number of fused-ring (bicyclic) bond motifs is 1. The Labute approximate surface area is 140 Å². The van der Waals surface area contributed by atoms with Crippen LogP contribution in [0.3, 0.4) is 0 Å². The molecule has 0 unspecified atom stereocenters. The smallest absolute Gasteiger partial charge is 0.318 e. The van der Waals surface area contributed by atoms with Crippen molar-refractivity contribution >= 4 is 23.3 Å². The molecule has 126 valence electrons. The van der Waals surface area contributed by atoms with Crippen LogP contribution < -0.4 is 5.32 Å². The van der Waals surface area contributed by atoms with Gasteiger partial charge < -0.3 is 10.2 Å². The fraction of sp³-hybridized carbons (Fsp3) is 0.267. The Morgan fingerprint density at radius 1 is 1.33 bits per heavy atom. The third-order valence-electron chi connectivity index (χ3n) is 3.69. The standard InChI is InChI=1S/C15H12ClF3N4O/c16-12-5-10(1-2-11(12)15(17,18)19)22-14(24)23-4-3-9-6-20-8-21-13(9)7-23/h1-2,5-6,8H,3-4,7H2,(H,22,24). The van der Waals surface area contributed by atoms with Crippen molar-refractivity contribution in [3.63, 3.8) is 0 Å². The van der Waals surface area contributed by atoms with Crippen LogP contribution in [0.25, 0.3) is 0 Å². The Kier molecular flexibility index (Phi) is 4.31. The van der Waals surface area contributed by atoms with E-state index in [4.69, 9.17) is 11.6 Å². The number of hydrogen-bond donors (Lipinski definition) is 1. The Morgan fingerprint density at radius 3 is 2.83 bits per heavy atom. The first-order valence-corrected chi connectivity index (χ1v) is 7.43. The number of aromatic nitrogens is 2. The summed E-state index contributed by atoms with van der Waals surface area (Å²) in [6.07, 6.45) is -0.781. The summed E-state index contributed by atoms with van der Waals surface area (Å²) in [5.41, 5.74) is 1.01. The second-order valence-corrected chi connectivity index (χ2v) is 5.70. The molecular weight excluding hydrogens is 345 g/mol. The van der Waals surface area contributed by atoms with Gasteiger partial charge in [0.2, 0.25) is 0 Å². The number of amides is 2. The average Bonchev–Trinajstić information content (AvgIpc) is 2.53. The summed E-state index contributed by atoms with van der Waals surface area (Å²) < 4.78 is 38.0. The fourth-order valence-electron chi connectivity index (χ4n) is 2.45. The molecule has 0 spiro atoms. The number of nitrogens with one attached hydrogen (secondary N) is 1. The molecule has 5 nitrogen and oxygen atoms in total. The number of nitrogens with zero attached hydrogens (tertiary/aromatic N) is 3. The predicted molar refractivity (Wildman–Crippen MR) is 81.6 cm³/mol. The lowest BCUT2D eigenvalue weighted by atomic mass is 10.1. The third kappa shape index (κ3) is 3.43. The molecule has 24 heavy (non-hydrogen) atoms. The van der Waals surface area contributed by atoms with Crippen molar-refractivity contribution in [2.75, 3.05) is 11.9 Å². The molecule has 1 aliphatic heterocycles. The van der Waals surface area contributed by atoms with E-state index >= 15 is 0 Å². The van der Waals surface area contributed by atoms with Crippen LogP contribution >= 0.6 is 11.6 Å². The summed E-state index contributed by atoms with van der Waals surface area (Å²) in [6, 6.07) is 2.68. The van der Waals surface area contributed by atoms with E-state index in [9.17, 15) is 18.0 Å². The number of urea groups is 1. The van der Waals surface area contributed by atoms with E-state index in [2.05, 4.69) is 15.3 Å². The van der Waals surface area contributed by atoms with Gasteiger partial charge in [-0.1, -0.05) is 11.6 Å². The van der Waals surface area contributed by atoms with Crippen LogP contribution in [-0.2, 0) is 19.1 Å². The number of benzene rings is 1. The minimum atomic E-state index is -4.53. The first-order valence-electron chi connectivity index (χ1n) is 7.05. The highest BCUT2D eigenvalue weighted by atomic mass is 35.5. The maximum absolute atomic E-state index is 12.7. The Bertz CT molecular complexity index is 782. The van der Waals surface area contributed by atoms with Crippen molar-refractivity contribution in [1.29, 1.82) is 0 Å². The molecule has 0 fully saturated rings. The van der Waals surface area contributed by atoms with E-state index in [0.717, 1.165) is 23.4 Å². The van der Waals surface area contributed by atoms with E-state index in [0.29, 0.717) is 19.5 Å². The summed E-state index contributed by atoms with van der Waals surface area (Å²) in [4.78, 5) is 21.9. The minimum Gasteiger partial charge on any atom is -0.318 e. The van der Waals surface area contributed by atoms with Gasteiger partial charge in [0, 0.05) is 18.4 Å². The number of rotatable bonds is 1. The minimum absolute atomic E-state index is 0.200. The average molecular weight is 357 g/mol. The molecule has 1 N–H and O–H groups in total. The van der Waals surface area contributed by atoms with Crippen molar-refractivity contribution in [2.45, 2.75) is 19.1 Å². The van der Waals surface area contributed by atoms with Gasteiger partial charge in [-0.25, -0.2) is 14.8 Å². The second-order valence-electron chi connectivity index (χ2n) is 5.29. The van der Waals surface area contributed by atoms with Crippen molar-refractivity contribution in [1.82, 2.24) is 14.9 Å². The normalized spacial score (nSPS) is 14.2. The number of halogens is 4. The highest BCUT2D eigenvalue weighted by molar-refractivity contribution is 6.31. The zero-order valence-electron chi connectivity index (χ0n) is 12.3. The summed E-state index contributed by atoms with van der Waals surface area (Å²) in [6.45, 7) is 0.790. The van der Waals surface area contributed by atoms with Crippen molar-refractivity contribution in [3.8, 4) is 0 Å². The van der Waals surface area contributed by atoms with E-state index in [1.807, 2.05) is 0 Å². The lowest BCUT2D eigenvalue weighted by Crippen LogP contribution is -2.39. The van der Waals surface area contributed by atoms with Crippen LogP contribution in [0.5, 0.6) is 0 Å². The highest BCUT2D eigenvalue weighted by Gasteiger charge is 2.33. The van der Waals surface area contributed by atoms with Gasteiger partial charge in [-0.3, -0.25) is 0 Å². The maximum Gasteiger partial charge on any atom is 0.417 e. The van der Waals surface area contributed by atoms with E-state index in [1.165, 1.54) is 17.3 Å². The van der Waals surface area contributed by atoms with E-state index < -0.39 is 22.8 Å². The van der Waals surface area contributed by atoms with Crippen molar-refractivity contribution < 1.29 is 18.0 Å². The van der Waals surface area contributed by atoms with Gasteiger partial charge in [0.25, 0.3) is 0 Å². The second kappa shape index (κ2) is 6.27. The number of alkyl halides is 3. The summed E-state index contributed by atoms with van der Waals surface area (Å²) in [7, 11) is 0. The van der Waals surface area contributed by atoms with Gasteiger partial charge >= 0.3 is 12.2 Å². The van der Waals surface area contributed by atoms with Crippen LogP contribution in [-0.4, -0.2) is 27.4 Å². The number of anilines is 1. The van der Waals surface area contributed by atoms with E-state index in [1.54, 1.807) is 6.20 Å². The van der Waals surface area contributed by atoms with Gasteiger partial charge in [-0.2, -0.15) is 13.2 Å². The predicted octanol–water partition coefficient (Wildman–Crippen LogP) is 3.74. The summed E-state index contributed by atoms with van der Waals surface area (Å²) in [5, 5.41) is 2.09. The van der Waals surface area contributed by atoms with Crippen LogP contribution in [0.15, 0.2) is 30.7 Å². The summed E-state index contributed by atoms with van der Waals surface area (Å²) >= 11 is 5.65. The molecule has 0 atom stereocenters. The van der Waals surface area contributed by atoms with E-state index in [-0.39, 0.29) is 5.69 Å². The molecule has 1 aliphatic rings. The number of hydrogen-bond acceptors (Lipinski definition) is 3. The first-order chi connectivity index (χ1) is 11.3. The van der Waals surface area contributed by atoms with Gasteiger partial charge in [0.05, 0.1) is 22.8 Å². The molecule has 3 rings (SSSR count). The quantitative estimate of drug-likeness (QED) is 0.846.